The fourth-order valence-electron chi connectivity index (χ4n) is 1.89. The summed E-state index contributed by atoms with van der Waals surface area (Å²) in [6.45, 7) is 8.63. The Balaban J connectivity index is 2.68. The second-order valence-corrected chi connectivity index (χ2v) is 5.84. The lowest BCUT2D eigenvalue weighted by Crippen LogP contribution is -2.57. The fourth-order valence-corrected chi connectivity index (χ4v) is 1.89. The average Bonchev–Trinajstić information content (AvgIpc) is 2.24. The monoisotopic (exact) mass is 244 g/mol. The van der Waals surface area contributed by atoms with Gasteiger partial charge in [-0.05, 0) is 12.3 Å². The Hall–Kier alpha value is -0.650. The Labute approximate surface area is 103 Å². The van der Waals surface area contributed by atoms with Crippen molar-refractivity contribution in [1.29, 1.82) is 0 Å². The molecule has 1 rings (SSSR count). The maximum Gasteiger partial charge on any atom is 0.240 e. The van der Waals surface area contributed by atoms with Crippen LogP contribution in [0.4, 0.5) is 0 Å². The summed E-state index contributed by atoms with van der Waals surface area (Å²) in [6.07, 6.45) is -0.355. The highest BCUT2D eigenvalue weighted by molar-refractivity contribution is 5.82. The maximum absolute atomic E-state index is 12.2. The molecular formula is C12H24N2O3. The number of morpholine rings is 1. The molecule has 1 aliphatic rings. The average molecular weight is 244 g/mol. The van der Waals surface area contributed by atoms with E-state index in [1.165, 1.54) is 0 Å². The first kappa shape index (κ1) is 14.4. The van der Waals surface area contributed by atoms with E-state index in [4.69, 9.17) is 15.6 Å². The van der Waals surface area contributed by atoms with Gasteiger partial charge < -0.3 is 20.5 Å². The van der Waals surface area contributed by atoms with Crippen LogP contribution < -0.4 is 5.73 Å². The fraction of sp³-hybridized carbons (Fsp3) is 0.917. The van der Waals surface area contributed by atoms with Crippen molar-refractivity contribution >= 4 is 5.91 Å². The minimum atomic E-state index is -0.521. The molecule has 0 radical (unpaired) electrons. The summed E-state index contributed by atoms with van der Waals surface area (Å²) in [5, 5.41) is 9.11. The second-order valence-electron chi connectivity index (χ2n) is 5.84. The Morgan fingerprint density at radius 2 is 2.12 bits per heavy atom. The van der Waals surface area contributed by atoms with Crippen molar-refractivity contribution in [2.45, 2.75) is 45.9 Å². The van der Waals surface area contributed by atoms with Crippen LogP contribution in [0.25, 0.3) is 0 Å². The van der Waals surface area contributed by atoms with Gasteiger partial charge in [0.25, 0.3) is 0 Å². The minimum Gasteiger partial charge on any atom is -0.394 e. The van der Waals surface area contributed by atoms with Crippen LogP contribution in [-0.4, -0.2) is 53.9 Å². The Morgan fingerprint density at radius 1 is 1.53 bits per heavy atom. The highest BCUT2D eigenvalue weighted by Gasteiger charge is 2.35. The van der Waals surface area contributed by atoms with E-state index in [0.717, 1.165) is 0 Å². The molecule has 17 heavy (non-hydrogen) atoms. The van der Waals surface area contributed by atoms with Crippen LogP contribution >= 0.6 is 0 Å². The Morgan fingerprint density at radius 3 is 2.59 bits per heavy atom. The summed E-state index contributed by atoms with van der Waals surface area (Å²) in [5.74, 6) is -0.0638. The van der Waals surface area contributed by atoms with Crippen LogP contribution in [0.15, 0.2) is 0 Å². The zero-order valence-corrected chi connectivity index (χ0v) is 11.1. The minimum absolute atomic E-state index is 0.0583. The number of aliphatic hydroxyl groups excluding tert-OH is 1. The molecule has 1 saturated heterocycles. The van der Waals surface area contributed by atoms with E-state index < -0.39 is 6.04 Å². The first-order chi connectivity index (χ1) is 7.75. The molecule has 0 spiro atoms. The molecule has 3 atom stereocenters. The predicted octanol–water partition coefficient (Wildman–Crippen LogP) is -0.0320. The summed E-state index contributed by atoms with van der Waals surface area (Å²) in [4.78, 5) is 13.9. The molecule has 0 aromatic heterocycles. The van der Waals surface area contributed by atoms with E-state index >= 15 is 0 Å². The number of carbonyl (C=O) groups excluding carboxylic acids is 1. The highest BCUT2D eigenvalue weighted by atomic mass is 16.5. The van der Waals surface area contributed by atoms with Gasteiger partial charge in [-0.25, -0.2) is 0 Å². The SMILES string of the molecule is CC1CN(C(=O)[C@@H](N)C(C)(C)C)CC(CO)O1. The van der Waals surface area contributed by atoms with Crippen LogP contribution in [0.2, 0.25) is 0 Å². The highest BCUT2D eigenvalue weighted by Crippen LogP contribution is 2.21. The van der Waals surface area contributed by atoms with Crippen LogP contribution in [-0.2, 0) is 9.53 Å². The molecule has 2 unspecified atom stereocenters. The second kappa shape index (κ2) is 5.33. The number of ether oxygens (including phenoxy) is 1. The smallest absolute Gasteiger partial charge is 0.240 e. The molecular weight excluding hydrogens is 220 g/mol. The van der Waals surface area contributed by atoms with Gasteiger partial charge in [-0.1, -0.05) is 20.8 Å². The number of nitrogens with zero attached hydrogens (tertiary/aromatic N) is 1. The van der Waals surface area contributed by atoms with E-state index in [2.05, 4.69) is 0 Å². The van der Waals surface area contributed by atoms with E-state index in [1.807, 2.05) is 27.7 Å². The van der Waals surface area contributed by atoms with Crippen molar-refractivity contribution in [2.75, 3.05) is 19.7 Å². The molecule has 1 heterocycles. The van der Waals surface area contributed by atoms with Crippen molar-refractivity contribution < 1.29 is 14.6 Å². The molecule has 5 heteroatoms. The molecule has 1 amide bonds. The van der Waals surface area contributed by atoms with Crippen molar-refractivity contribution in [3.63, 3.8) is 0 Å². The number of aliphatic hydroxyl groups is 1. The number of rotatable bonds is 2. The lowest BCUT2D eigenvalue weighted by molar-refractivity contribution is -0.150. The molecule has 0 aromatic carbocycles. The molecule has 0 bridgehead atoms. The molecule has 3 N–H and O–H groups in total. The van der Waals surface area contributed by atoms with Gasteiger partial charge in [-0.2, -0.15) is 0 Å². The summed E-state index contributed by atoms with van der Waals surface area (Å²) in [5.41, 5.74) is 5.71. The summed E-state index contributed by atoms with van der Waals surface area (Å²) in [7, 11) is 0. The third-order valence-electron chi connectivity index (χ3n) is 3.04. The lowest BCUT2D eigenvalue weighted by Gasteiger charge is -2.39. The molecule has 0 aromatic rings. The normalized spacial score (nSPS) is 28.0. The van der Waals surface area contributed by atoms with Gasteiger partial charge in [-0.15, -0.1) is 0 Å². The molecule has 100 valence electrons. The van der Waals surface area contributed by atoms with Crippen LogP contribution in [0.3, 0.4) is 0 Å². The van der Waals surface area contributed by atoms with E-state index in [0.29, 0.717) is 13.1 Å². The van der Waals surface area contributed by atoms with Gasteiger partial charge in [0.15, 0.2) is 0 Å². The number of hydrogen-bond donors (Lipinski definition) is 2. The van der Waals surface area contributed by atoms with Crippen molar-refractivity contribution in [3.8, 4) is 0 Å². The van der Waals surface area contributed by atoms with E-state index in [-0.39, 0.29) is 30.1 Å². The number of carbonyl (C=O) groups is 1. The number of amides is 1. The Bertz CT molecular complexity index is 275. The van der Waals surface area contributed by atoms with Gasteiger partial charge in [0, 0.05) is 13.1 Å². The van der Waals surface area contributed by atoms with Gasteiger partial charge in [-0.3, -0.25) is 4.79 Å². The lowest BCUT2D eigenvalue weighted by atomic mass is 9.86. The van der Waals surface area contributed by atoms with Gasteiger partial charge in [0.2, 0.25) is 5.91 Å². The van der Waals surface area contributed by atoms with Crippen LogP contribution in [0, 0.1) is 5.41 Å². The first-order valence-corrected chi connectivity index (χ1v) is 6.06. The molecule has 0 saturated carbocycles. The van der Waals surface area contributed by atoms with Gasteiger partial charge >= 0.3 is 0 Å². The standard InChI is InChI=1S/C12H24N2O3/c1-8-5-14(6-9(7-15)17-8)11(16)10(13)12(2,3)4/h8-10,15H,5-7,13H2,1-4H3/t8?,9?,10-/m1/s1. The largest absolute Gasteiger partial charge is 0.394 e. The third-order valence-corrected chi connectivity index (χ3v) is 3.04. The summed E-state index contributed by atoms with van der Waals surface area (Å²) in [6, 6.07) is -0.521. The summed E-state index contributed by atoms with van der Waals surface area (Å²) >= 11 is 0. The third kappa shape index (κ3) is 3.66. The van der Waals surface area contributed by atoms with Crippen molar-refractivity contribution in [1.82, 2.24) is 4.90 Å². The van der Waals surface area contributed by atoms with Crippen molar-refractivity contribution in [2.24, 2.45) is 11.1 Å². The van der Waals surface area contributed by atoms with Crippen LogP contribution in [0.1, 0.15) is 27.7 Å². The maximum atomic E-state index is 12.2. The quantitative estimate of drug-likeness (QED) is 0.715. The molecule has 1 fully saturated rings. The van der Waals surface area contributed by atoms with E-state index in [1.54, 1.807) is 4.90 Å². The molecule has 1 aliphatic heterocycles. The van der Waals surface area contributed by atoms with Gasteiger partial charge in [0.1, 0.15) is 0 Å². The Kier molecular flexibility index (Phi) is 4.52. The zero-order valence-electron chi connectivity index (χ0n) is 11.1. The van der Waals surface area contributed by atoms with E-state index in [9.17, 15) is 4.79 Å². The predicted molar refractivity (Wildman–Crippen MR) is 65.4 cm³/mol. The number of hydrogen-bond acceptors (Lipinski definition) is 4. The summed E-state index contributed by atoms with van der Waals surface area (Å²) < 4.78 is 5.50. The van der Waals surface area contributed by atoms with Crippen molar-refractivity contribution in [3.05, 3.63) is 0 Å². The number of nitrogens with two attached hydrogens (primary N) is 1. The van der Waals surface area contributed by atoms with Gasteiger partial charge in [0.05, 0.1) is 24.9 Å². The first-order valence-electron chi connectivity index (χ1n) is 6.06. The molecule has 5 nitrogen and oxygen atoms in total. The van der Waals surface area contributed by atoms with Crippen LogP contribution in [0.5, 0.6) is 0 Å². The topological polar surface area (TPSA) is 75.8 Å². The zero-order chi connectivity index (χ0) is 13.2. The molecule has 0 aliphatic carbocycles.